The zero-order chi connectivity index (χ0) is 27.6. The van der Waals surface area contributed by atoms with Gasteiger partial charge in [-0.05, 0) is 64.0 Å². The number of carbonyl (C=O) groups is 2. The van der Waals surface area contributed by atoms with Gasteiger partial charge in [-0.3, -0.25) is 9.59 Å². The molecule has 12 nitrogen and oxygen atoms in total. The van der Waals surface area contributed by atoms with Gasteiger partial charge in [0.05, 0.1) is 33.1 Å². The molecule has 2 amide bonds. The van der Waals surface area contributed by atoms with Gasteiger partial charge < -0.3 is 10.6 Å². The number of tetrazole rings is 1. The normalized spacial score (nSPS) is 11.2. The van der Waals surface area contributed by atoms with Crippen LogP contribution in [-0.4, -0.2) is 53.8 Å². The standard InChI is InChI=1S/C22H16BrF3N10O2/c1-11-6-12(9-27)7-14(19(37)28-2)17(11)30-20(38)16-8-13(10-35-33-21(31-34-35)22(24,25)26)32-36(16)18-15(23)4-3-5-29-18/h3-8H,10H2,1-2H3,(H,28,37)(H,30,38). The molecular weight excluding hydrogens is 573 g/mol. The van der Waals surface area contributed by atoms with Crippen molar-refractivity contribution >= 4 is 33.4 Å². The van der Waals surface area contributed by atoms with Gasteiger partial charge in [-0.25, -0.2) is 9.67 Å². The lowest BCUT2D eigenvalue weighted by molar-refractivity contribution is -0.145. The summed E-state index contributed by atoms with van der Waals surface area (Å²) in [4.78, 5) is 30.9. The van der Waals surface area contributed by atoms with Crippen LogP contribution in [0.2, 0.25) is 0 Å². The SMILES string of the molecule is CNC(=O)c1cc(C#N)cc(C)c1NC(=O)c1cc(Cn2nnc(C(F)(F)F)n2)nn1-c1ncccc1Br. The van der Waals surface area contributed by atoms with Crippen LogP contribution in [0.15, 0.2) is 41.0 Å². The summed E-state index contributed by atoms with van der Waals surface area (Å²) in [6.45, 7) is 1.29. The summed E-state index contributed by atoms with van der Waals surface area (Å²) in [7, 11) is 1.41. The van der Waals surface area contributed by atoms with Crippen molar-refractivity contribution in [1.82, 2.24) is 40.3 Å². The first kappa shape index (κ1) is 26.4. The Labute approximate surface area is 220 Å². The summed E-state index contributed by atoms with van der Waals surface area (Å²) in [6.07, 6.45) is -3.31. The molecule has 0 fully saturated rings. The van der Waals surface area contributed by atoms with Crippen molar-refractivity contribution in [3.8, 4) is 11.9 Å². The van der Waals surface area contributed by atoms with E-state index in [-0.39, 0.29) is 40.6 Å². The Bertz CT molecular complexity index is 1590. The first-order valence-electron chi connectivity index (χ1n) is 10.6. The summed E-state index contributed by atoms with van der Waals surface area (Å²) in [5, 5.41) is 28.5. The van der Waals surface area contributed by atoms with Gasteiger partial charge in [0.1, 0.15) is 12.2 Å². The van der Waals surface area contributed by atoms with Crippen molar-refractivity contribution < 1.29 is 22.8 Å². The lowest BCUT2D eigenvalue weighted by Gasteiger charge is -2.14. The molecule has 0 atom stereocenters. The van der Waals surface area contributed by atoms with Crippen LogP contribution in [0, 0.1) is 18.3 Å². The number of nitrogens with zero attached hydrogens (tertiary/aromatic N) is 8. The number of rotatable bonds is 6. The lowest BCUT2D eigenvalue weighted by Crippen LogP contribution is -2.24. The highest BCUT2D eigenvalue weighted by molar-refractivity contribution is 9.10. The molecule has 0 unspecified atom stereocenters. The van der Waals surface area contributed by atoms with E-state index in [1.807, 2.05) is 6.07 Å². The quantitative estimate of drug-likeness (QED) is 0.348. The van der Waals surface area contributed by atoms with E-state index in [1.165, 1.54) is 36.1 Å². The predicted octanol–water partition coefficient (Wildman–Crippen LogP) is 2.88. The minimum Gasteiger partial charge on any atom is -0.355 e. The largest absolute Gasteiger partial charge is 0.455 e. The third kappa shape index (κ3) is 5.37. The summed E-state index contributed by atoms with van der Waals surface area (Å²) in [5.41, 5.74) is 0.976. The average Bonchev–Trinajstić information content (AvgIpc) is 3.52. The minimum atomic E-state index is -4.77. The Morgan fingerprint density at radius 2 is 1.95 bits per heavy atom. The number of hydrogen-bond donors (Lipinski definition) is 2. The maximum absolute atomic E-state index is 13.5. The summed E-state index contributed by atoms with van der Waals surface area (Å²) in [5.74, 6) is -2.43. The average molecular weight is 589 g/mol. The highest BCUT2D eigenvalue weighted by Gasteiger charge is 2.37. The van der Waals surface area contributed by atoms with Crippen LogP contribution in [-0.2, 0) is 12.7 Å². The van der Waals surface area contributed by atoms with Crippen LogP contribution < -0.4 is 10.6 Å². The van der Waals surface area contributed by atoms with E-state index in [1.54, 1.807) is 19.1 Å². The number of nitrogens with one attached hydrogen (secondary N) is 2. The molecule has 0 aliphatic heterocycles. The van der Waals surface area contributed by atoms with E-state index in [2.05, 4.69) is 52.1 Å². The number of hydrogen-bond acceptors (Lipinski definition) is 8. The Hall–Kier alpha value is -4.65. The van der Waals surface area contributed by atoms with Crippen LogP contribution in [0.3, 0.4) is 0 Å². The number of carbonyl (C=O) groups excluding carboxylic acids is 2. The molecule has 2 N–H and O–H groups in total. The number of halogens is 4. The van der Waals surface area contributed by atoms with E-state index >= 15 is 0 Å². The van der Waals surface area contributed by atoms with Gasteiger partial charge in [-0.2, -0.15) is 28.3 Å². The number of anilines is 1. The molecule has 4 rings (SSSR count). The third-order valence-electron chi connectivity index (χ3n) is 5.12. The molecule has 0 saturated carbocycles. The zero-order valence-corrected chi connectivity index (χ0v) is 21.2. The molecule has 0 bridgehead atoms. The highest BCUT2D eigenvalue weighted by atomic mass is 79.9. The number of amides is 2. The van der Waals surface area contributed by atoms with Gasteiger partial charge in [-0.15, -0.1) is 10.2 Å². The van der Waals surface area contributed by atoms with Crippen LogP contribution in [0.1, 0.15) is 43.5 Å². The van der Waals surface area contributed by atoms with Gasteiger partial charge in [0.2, 0.25) is 0 Å². The van der Waals surface area contributed by atoms with Gasteiger partial charge in [0.25, 0.3) is 17.6 Å². The number of benzene rings is 1. The Kier molecular flexibility index (Phi) is 7.21. The van der Waals surface area contributed by atoms with Crippen molar-refractivity contribution in [3.05, 3.63) is 74.9 Å². The van der Waals surface area contributed by atoms with Gasteiger partial charge >= 0.3 is 6.18 Å². The number of nitriles is 1. The summed E-state index contributed by atoms with van der Waals surface area (Å²) in [6, 6.07) is 9.44. The molecule has 0 spiro atoms. The van der Waals surface area contributed by atoms with E-state index in [0.717, 1.165) is 0 Å². The van der Waals surface area contributed by atoms with Crippen LogP contribution >= 0.6 is 15.9 Å². The molecule has 0 saturated heterocycles. The smallest absolute Gasteiger partial charge is 0.355 e. The molecule has 0 aliphatic carbocycles. The third-order valence-corrected chi connectivity index (χ3v) is 5.74. The lowest BCUT2D eigenvalue weighted by atomic mass is 10.0. The second kappa shape index (κ2) is 10.4. The van der Waals surface area contributed by atoms with Crippen molar-refractivity contribution in [2.75, 3.05) is 12.4 Å². The van der Waals surface area contributed by atoms with Crippen LogP contribution in [0.4, 0.5) is 18.9 Å². The molecule has 4 aromatic rings. The van der Waals surface area contributed by atoms with E-state index in [9.17, 15) is 28.0 Å². The van der Waals surface area contributed by atoms with Crippen LogP contribution in [0.25, 0.3) is 5.82 Å². The van der Waals surface area contributed by atoms with E-state index < -0.39 is 23.8 Å². The molecule has 16 heteroatoms. The second-order valence-corrected chi connectivity index (χ2v) is 8.60. The van der Waals surface area contributed by atoms with E-state index in [4.69, 9.17) is 0 Å². The summed E-state index contributed by atoms with van der Waals surface area (Å²) < 4.78 is 40.3. The predicted molar refractivity (Wildman–Crippen MR) is 128 cm³/mol. The first-order chi connectivity index (χ1) is 18.0. The van der Waals surface area contributed by atoms with Crippen molar-refractivity contribution in [2.24, 2.45) is 0 Å². The van der Waals surface area contributed by atoms with Gasteiger partial charge in [-0.1, -0.05) is 0 Å². The molecular formula is C22H16BrF3N10O2. The van der Waals surface area contributed by atoms with E-state index in [0.29, 0.717) is 14.8 Å². The maximum Gasteiger partial charge on any atom is 0.455 e. The van der Waals surface area contributed by atoms with Crippen LogP contribution in [0.5, 0.6) is 0 Å². The topological polar surface area (TPSA) is 156 Å². The second-order valence-electron chi connectivity index (χ2n) is 7.74. The maximum atomic E-state index is 13.5. The molecule has 0 radical (unpaired) electrons. The Morgan fingerprint density at radius 1 is 1.18 bits per heavy atom. The molecule has 1 aromatic carbocycles. The Balaban J connectivity index is 1.76. The number of aromatic nitrogens is 7. The zero-order valence-electron chi connectivity index (χ0n) is 19.6. The number of pyridine rings is 1. The highest BCUT2D eigenvalue weighted by Crippen LogP contribution is 2.27. The van der Waals surface area contributed by atoms with Crippen molar-refractivity contribution in [3.63, 3.8) is 0 Å². The molecule has 3 heterocycles. The summed E-state index contributed by atoms with van der Waals surface area (Å²) >= 11 is 3.35. The monoisotopic (exact) mass is 588 g/mol. The van der Waals surface area contributed by atoms with Crippen molar-refractivity contribution in [2.45, 2.75) is 19.6 Å². The first-order valence-corrected chi connectivity index (χ1v) is 11.4. The van der Waals surface area contributed by atoms with Crippen molar-refractivity contribution in [1.29, 1.82) is 5.26 Å². The Morgan fingerprint density at radius 3 is 2.58 bits per heavy atom. The number of alkyl halides is 3. The molecule has 0 aliphatic rings. The molecule has 3 aromatic heterocycles. The fourth-order valence-corrected chi connectivity index (χ4v) is 3.86. The minimum absolute atomic E-state index is 0.0535. The number of aryl methyl sites for hydroxylation is 1. The molecule has 194 valence electrons. The fourth-order valence-electron chi connectivity index (χ4n) is 3.44. The fraction of sp³-hybridized carbons (Fsp3) is 0.182. The molecule has 38 heavy (non-hydrogen) atoms. The van der Waals surface area contributed by atoms with Gasteiger partial charge in [0.15, 0.2) is 5.82 Å². The van der Waals surface area contributed by atoms with Gasteiger partial charge in [0, 0.05) is 13.2 Å².